The number of nitrogens with zero attached hydrogens (tertiary/aromatic N) is 2. The van der Waals surface area contributed by atoms with Gasteiger partial charge in [0, 0.05) is 25.0 Å². The van der Waals surface area contributed by atoms with Gasteiger partial charge in [0.2, 0.25) is 0 Å². The van der Waals surface area contributed by atoms with Crippen molar-refractivity contribution < 1.29 is 8.42 Å². The zero-order valence-electron chi connectivity index (χ0n) is 12.0. The van der Waals surface area contributed by atoms with Crippen molar-refractivity contribution in [2.75, 3.05) is 26.2 Å². The van der Waals surface area contributed by atoms with Crippen molar-refractivity contribution >= 4 is 33.0 Å². The van der Waals surface area contributed by atoms with Crippen LogP contribution >= 0.6 is 22.9 Å². The van der Waals surface area contributed by atoms with Crippen LogP contribution in [0.3, 0.4) is 0 Å². The second-order valence-electron chi connectivity index (χ2n) is 5.81. The van der Waals surface area contributed by atoms with E-state index in [0.29, 0.717) is 29.2 Å². The standard InChI is InChI=1S/C14H21ClN2O2S2/c15-9-12-8-14(20-11-12)21(18,19)17-7-4-13(10-17)16-5-2-1-3-6-16/h8,11,13H,1-7,9-10H2. The first kappa shape index (κ1) is 15.7. The van der Waals surface area contributed by atoms with Gasteiger partial charge in [-0.25, -0.2) is 8.42 Å². The van der Waals surface area contributed by atoms with Gasteiger partial charge in [0.15, 0.2) is 0 Å². The van der Waals surface area contributed by atoms with Crippen molar-refractivity contribution in [3.8, 4) is 0 Å². The van der Waals surface area contributed by atoms with Gasteiger partial charge >= 0.3 is 0 Å². The summed E-state index contributed by atoms with van der Waals surface area (Å²) in [6, 6.07) is 2.11. The SMILES string of the molecule is O=S(=O)(c1cc(CCl)cs1)N1CCC(N2CCCCC2)C1. The van der Waals surface area contributed by atoms with Crippen molar-refractivity contribution in [3.63, 3.8) is 0 Å². The van der Waals surface area contributed by atoms with Crippen molar-refractivity contribution in [1.29, 1.82) is 0 Å². The molecular formula is C14H21ClN2O2S2. The summed E-state index contributed by atoms with van der Waals surface area (Å²) in [5.41, 5.74) is 0.881. The molecule has 0 radical (unpaired) electrons. The van der Waals surface area contributed by atoms with Crippen LogP contribution in [0.25, 0.3) is 0 Å². The highest BCUT2D eigenvalue weighted by atomic mass is 35.5. The molecule has 21 heavy (non-hydrogen) atoms. The molecule has 0 saturated carbocycles. The van der Waals surface area contributed by atoms with Gasteiger partial charge < -0.3 is 0 Å². The maximum Gasteiger partial charge on any atom is 0.252 e. The number of halogens is 1. The lowest BCUT2D eigenvalue weighted by molar-refractivity contribution is 0.169. The third-order valence-electron chi connectivity index (χ3n) is 4.41. The first-order valence-electron chi connectivity index (χ1n) is 7.49. The van der Waals surface area contributed by atoms with Crippen LogP contribution < -0.4 is 0 Å². The van der Waals surface area contributed by atoms with E-state index >= 15 is 0 Å². The van der Waals surface area contributed by atoms with E-state index in [4.69, 9.17) is 11.6 Å². The quantitative estimate of drug-likeness (QED) is 0.785. The number of sulfonamides is 1. The third-order valence-corrected chi connectivity index (χ3v) is 8.05. The van der Waals surface area contributed by atoms with Crippen molar-refractivity contribution in [2.45, 2.75) is 41.8 Å². The Labute approximate surface area is 135 Å². The van der Waals surface area contributed by atoms with E-state index in [1.807, 2.05) is 5.38 Å². The second-order valence-corrected chi connectivity index (χ2v) is 9.15. The van der Waals surface area contributed by atoms with Crippen LogP contribution in [0.2, 0.25) is 0 Å². The van der Waals surface area contributed by atoms with E-state index in [1.54, 1.807) is 10.4 Å². The molecule has 0 bridgehead atoms. The first-order chi connectivity index (χ1) is 10.1. The highest BCUT2D eigenvalue weighted by Gasteiger charge is 2.36. The predicted molar refractivity (Wildman–Crippen MR) is 86.5 cm³/mol. The molecule has 118 valence electrons. The second kappa shape index (κ2) is 6.54. The number of thiophene rings is 1. The lowest BCUT2D eigenvalue weighted by Gasteiger charge is -2.32. The van der Waals surface area contributed by atoms with E-state index in [-0.39, 0.29) is 0 Å². The Hall–Kier alpha value is -0.140. The highest BCUT2D eigenvalue weighted by Crippen LogP contribution is 2.29. The Morgan fingerprint density at radius 1 is 1.24 bits per heavy atom. The number of rotatable bonds is 4. The molecule has 0 aromatic carbocycles. The van der Waals surface area contributed by atoms with Crippen LogP contribution in [0.1, 0.15) is 31.2 Å². The van der Waals surface area contributed by atoms with Crippen LogP contribution in [0.4, 0.5) is 0 Å². The summed E-state index contributed by atoms with van der Waals surface area (Å²) in [6.07, 6.45) is 4.75. The molecule has 3 heterocycles. The van der Waals surface area contributed by atoms with E-state index < -0.39 is 10.0 Å². The largest absolute Gasteiger partial charge is 0.299 e. The molecule has 2 aliphatic heterocycles. The van der Waals surface area contributed by atoms with E-state index in [0.717, 1.165) is 25.1 Å². The molecule has 0 N–H and O–H groups in total. The molecule has 2 aliphatic rings. The summed E-state index contributed by atoms with van der Waals surface area (Å²) in [6.45, 7) is 3.51. The van der Waals surface area contributed by atoms with E-state index in [9.17, 15) is 8.42 Å². The Bertz CT molecular complexity index is 582. The molecule has 0 spiro atoms. The Kier molecular flexibility index (Phi) is 4.90. The van der Waals surface area contributed by atoms with Crippen LogP contribution in [-0.2, 0) is 15.9 Å². The minimum Gasteiger partial charge on any atom is -0.299 e. The van der Waals surface area contributed by atoms with E-state index in [1.165, 1.54) is 30.6 Å². The van der Waals surface area contributed by atoms with Crippen LogP contribution in [0, 0.1) is 0 Å². The molecule has 1 aromatic rings. The van der Waals surface area contributed by atoms with Gasteiger partial charge in [-0.05, 0) is 49.4 Å². The first-order valence-corrected chi connectivity index (χ1v) is 10.3. The minimum absolute atomic E-state index is 0.364. The van der Waals surface area contributed by atoms with Gasteiger partial charge in [0.25, 0.3) is 10.0 Å². The molecule has 7 heteroatoms. The van der Waals surface area contributed by atoms with Gasteiger partial charge in [0.05, 0.1) is 0 Å². The molecule has 2 fully saturated rings. The molecule has 2 saturated heterocycles. The monoisotopic (exact) mass is 348 g/mol. The average Bonchev–Trinajstić information content (AvgIpc) is 3.18. The van der Waals surface area contributed by atoms with Crippen molar-refractivity contribution in [2.24, 2.45) is 0 Å². The smallest absolute Gasteiger partial charge is 0.252 e. The number of hydrogen-bond donors (Lipinski definition) is 0. The van der Waals surface area contributed by atoms with Gasteiger partial charge in [-0.1, -0.05) is 6.42 Å². The summed E-state index contributed by atoms with van der Waals surface area (Å²) < 4.78 is 27.4. The number of alkyl halides is 1. The molecular weight excluding hydrogens is 328 g/mol. The molecule has 0 aliphatic carbocycles. The molecule has 1 atom stereocenters. The number of piperidine rings is 1. The predicted octanol–water partition coefficient (Wildman–Crippen LogP) is 2.74. The number of likely N-dealkylation sites (tertiary alicyclic amines) is 1. The van der Waals surface area contributed by atoms with Gasteiger partial charge in [-0.3, -0.25) is 4.90 Å². The summed E-state index contributed by atoms with van der Waals surface area (Å²) in [4.78, 5) is 2.47. The summed E-state index contributed by atoms with van der Waals surface area (Å²) in [7, 11) is -3.33. The lowest BCUT2D eigenvalue weighted by atomic mass is 10.1. The molecule has 4 nitrogen and oxygen atoms in total. The fourth-order valence-corrected chi connectivity index (χ4v) is 6.30. The summed E-state index contributed by atoms with van der Waals surface area (Å²) in [5, 5.41) is 1.83. The fourth-order valence-electron chi connectivity index (χ4n) is 3.20. The zero-order chi connectivity index (χ0) is 14.9. The van der Waals surface area contributed by atoms with Crippen molar-refractivity contribution in [1.82, 2.24) is 9.21 Å². The maximum atomic E-state index is 12.7. The Balaban J connectivity index is 1.69. The normalized spacial score (nSPS) is 25.5. The minimum atomic E-state index is -3.33. The molecule has 1 unspecified atom stereocenters. The maximum absolute atomic E-state index is 12.7. The van der Waals surface area contributed by atoms with Gasteiger partial charge in [-0.15, -0.1) is 22.9 Å². The van der Waals surface area contributed by atoms with Crippen LogP contribution in [0.5, 0.6) is 0 Å². The molecule has 1 aromatic heterocycles. The lowest BCUT2D eigenvalue weighted by Crippen LogP contribution is -2.41. The fraction of sp³-hybridized carbons (Fsp3) is 0.714. The molecule has 0 amide bonds. The third kappa shape index (κ3) is 3.29. The Morgan fingerprint density at radius 3 is 2.67 bits per heavy atom. The summed E-state index contributed by atoms with van der Waals surface area (Å²) in [5.74, 6) is 0.364. The topological polar surface area (TPSA) is 40.6 Å². The summed E-state index contributed by atoms with van der Waals surface area (Å²) >= 11 is 7.04. The Morgan fingerprint density at radius 2 is 2.00 bits per heavy atom. The van der Waals surface area contributed by atoms with Crippen LogP contribution in [0.15, 0.2) is 15.7 Å². The number of hydrogen-bond acceptors (Lipinski definition) is 4. The molecule has 3 rings (SSSR count). The highest BCUT2D eigenvalue weighted by molar-refractivity contribution is 7.91. The van der Waals surface area contributed by atoms with Gasteiger partial charge in [0.1, 0.15) is 4.21 Å². The van der Waals surface area contributed by atoms with Gasteiger partial charge in [-0.2, -0.15) is 4.31 Å². The van der Waals surface area contributed by atoms with E-state index in [2.05, 4.69) is 4.90 Å². The zero-order valence-corrected chi connectivity index (χ0v) is 14.4. The van der Waals surface area contributed by atoms with Crippen LogP contribution in [-0.4, -0.2) is 49.8 Å². The average molecular weight is 349 g/mol. The van der Waals surface area contributed by atoms with Crippen molar-refractivity contribution in [3.05, 3.63) is 17.0 Å².